The molecule has 1 atom stereocenters. The minimum atomic E-state index is -0.896. The zero-order valence-electron chi connectivity index (χ0n) is 17.8. The predicted octanol–water partition coefficient (Wildman–Crippen LogP) is 3.55. The van der Waals surface area contributed by atoms with Crippen molar-refractivity contribution in [3.63, 3.8) is 0 Å². The number of carbonyl (C=O) groups excluding carboxylic acids is 1. The van der Waals surface area contributed by atoms with Crippen LogP contribution in [-0.2, 0) is 10.3 Å². The van der Waals surface area contributed by atoms with Crippen LogP contribution in [0.3, 0.4) is 0 Å². The van der Waals surface area contributed by atoms with Gasteiger partial charge in [-0.05, 0) is 53.0 Å². The minimum Gasteiger partial charge on any atom is -0.481 e. The number of rotatable bonds is 3. The van der Waals surface area contributed by atoms with E-state index in [1.54, 1.807) is 11.8 Å². The average Bonchev–Trinajstić information content (AvgIpc) is 3.15. The molecule has 1 aliphatic heterocycles. The van der Waals surface area contributed by atoms with Crippen LogP contribution in [0.1, 0.15) is 75.6 Å². The van der Waals surface area contributed by atoms with Gasteiger partial charge in [-0.2, -0.15) is 5.10 Å². The van der Waals surface area contributed by atoms with Gasteiger partial charge >= 0.3 is 5.97 Å². The summed E-state index contributed by atoms with van der Waals surface area (Å²) in [6.45, 7) is 14.5. The number of aliphatic carboxylic acids is 1. The van der Waals surface area contributed by atoms with Crippen LogP contribution in [0.4, 0.5) is 0 Å². The quantitative estimate of drug-likeness (QED) is 0.871. The highest BCUT2D eigenvalue weighted by Gasteiger charge is 2.42. The van der Waals surface area contributed by atoms with E-state index in [1.807, 2.05) is 31.5 Å². The molecule has 0 spiro atoms. The van der Waals surface area contributed by atoms with Gasteiger partial charge in [-0.1, -0.05) is 13.8 Å². The van der Waals surface area contributed by atoms with E-state index >= 15 is 0 Å². The second-order valence-electron chi connectivity index (χ2n) is 9.46. The molecule has 7 heteroatoms. The van der Waals surface area contributed by atoms with Crippen LogP contribution in [0.25, 0.3) is 11.0 Å². The number of amides is 1. The smallest absolute Gasteiger partial charge is 0.311 e. The lowest BCUT2D eigenvalue weighted by molar-refractivity contribution is -0.147. The third-order valence-electron chi connectivity index (χ3n) is 5.57. The minimum absolute atomic E-state index is 0.143. The fraction of sp³-hybridized carbons (Fsp3) is 0.619. The Hall–Kier alpha value is -2.44. The van der Waals surface area contributed by atoms with E-state index in [0.717, 1.165) is 16.8 Å². The molecule has 1 saturated heterocycles. The van der Waals surface area contributed by atoms with E-state index in [-0.39, 0.29) is 23.9 Å². The molecule has 0 aliphatic carbocycles. The molecular formula is C21H30N4O3. The van der Waals surface area contributed by atoms with Crippen LogP contribution in [0.5, 0.6) is 0 Å². The second kappa shape index (κ2) is 6.57. The lowest BCUT2D eigenvalue weighted by atomic mass is 9.90. The zero-order valence-corrected chi connectivity index (χ0v) is 17.8. The van der Waals surface area contributed by atoms with Crippen molar-refractivity contribution in [1.29, 1.82) is 0 Å². The highest BCUT2D eigenvalue weighted by Crippen LogP contribution is 2.34. The fourth-order valence-corrected chi connectivity index (χ4v) is 3.72. The van der Waals surface area contributed by atoms with Gasteiger partial charge in [-0.3, -0.25) is 9.59 Å². The third-order valence-corrected chi connectivity index (χ3v) is 5.57. The van der Waals surface area contributed by atoms with Crippen molar-refractivity contribution in [2.24, 2.45) is 5.41 Å². The number of aromatic nitrogens is 3. The van der Waals surface area contributed by atoms with E-state index < -0.39 is 11.4 Å². The normalized spacial score (nSPS) is 20.4. The summed E-state index contributed by atoms with van der Waals surface area (Å²) in [5, 5.41) is 14.9. The van der Waals surface area contributed by atoms with E-state index in [9.17, 15) is 14.7 Å². The lowest BCUT2D eigenvalue weighted by Crippen LogP contribution is -2.35. The van der Waals surface area contributed by atoms with Crippen LogP contribution in [0.2, 0.25) is 0 Å². The maximum Gasteiger partial charge on any atom is 0.311 e. The Morgan fingerprint density at radius 3 is 2.43 bits per heavy atom. The van der Waals surface area contributed by atoms with Gasteiger partial charge in [0.1, 0.15) is 0 Å². The van der Waals surface area contributed by atoms with Crippen LogP contribution >= 0.6 is 0 Å². The third kappa shape index (κ3) is 3.27. The van der Waals surface area contributed by atoms with Gasteiger partial charge in [0, 0.05) is 18.8 Å². The molecule has 1 unspecified atom stereocenters. The molecule has 0 radical (unpaired) electrons. The van der Waals surface area contributed by atoms with E-state index in [4.69, 9.17) is 4.98 Å². The predicted molar refractivity (Wildman–Crippen MR) is 108 cm³/mol. The summed E-state index contributed by atoms with van der Waals surface area (Å²) in [5.74, 6) is -0.847. The number of carboxylic acids is 1. The Balaban J connectivity index is 2.16. The molecule has 3 rings (SSSR count). The van der Waals surface area contributed by atoms with Gasteiger partial charge in [0.05, 0.1) is 27.6 Å². The van der Waals surface area contributed by atoms with Crippen molar-refractivity contribution in [3.05, 3.63) is 23.0 Å². The molecule has 28 heavy (non-hydrogen) atoms. The van der Waals surface area contributed by atoms with Crippen LogP contribution in [0.15, 0.2) is 6.07 Å². The van der Waals surface area contributed by atoms with Gasteiger partial charge in [-0.25, -0.2) is 9.67 Å². The topological polar surface area (TPSA) is 88.3 Å². The first kappa shape index (κ1) is 20.3. The first-order valence-electron chi connectivity index (χ1n) is 9.78. The number of fused-ring (bicyclic) bond motifs is 1. The zero-order chi connectivity index (χ0) is 21.0. The maximum atomic E-state index is 13.4. The Labute approximate surface area is 165 Å². The van der Waals surface area contributed by atoms with Crippen molar-refractivity contribution in [2.45, 2.75) is 66.3 Å². The lowest BCUT2D eigenvalue weighted by Gasteiger charge is -2.22. The van der Waals surface area contributed by atoms with Crippen LogP contribution < -0.4 is 0 Å². The summed E-state index contributed by atoms with van der Waals surface area (Å²) >= 11 is 0. The summed E-state index contributed by atoms with van der Waals surface area (Å²) < 4.78 is 1.88. The number of nitrogens with zero attached hydrogens (tertiary/aromatic N) is 4. The summed E-state index contributed by atoms with van der Waals surface area (Å²) in [7, 11) is 0. The van der Waals surface area contributed by atoms with Gasteiger partial charge in [-0.15, -0.1) is 0 Å². The molecule has 0 aromatic carbocycles. The number of aryl methyl sites for hydroxylation is 1. The molecule has 2 aromatic rings. The molecule has 1 amide bonds. The van der Waals surface area contributed by atoms with Crippen molar-refractivity contribution in [2.75, 3.05) is 13.1 Å². The molecular weight excluding hydrogens is 356 g/mol. The first-order valence-corrected chi connectivity index (χ1v) is 9.78. The average molecular weight is 386 g/mol. The second-order valence-corrected chi connectivity index (χ2v) is 9.46. The highest BCUT2D eigenvalue weighted by atomic mass is 16.4. The van der Waals surface area contributed by atoms with Crippen molar-refractivity contribution in [3.8, 4) is 0 Å². The molecule has 2 aromatic heterocycles. The van der Waals surface area contributed by atoms with Gasteiger partial charge in [0.2, 0.25) is 0 Å². The molecule has 3 heterocycles. The SMILES string of the molecule is Cc1nn(C(C)(C)C)c2nc(C(C)C)cc(C(=O)N3CCC(C)(C(=O)O)C3)c12. The molecule has 1 aliphatic rings. The van der Waals surface area contributed by atoms with Gasteiger partial charge in [0.25, 0.3) is 5.91 Å². The van der Waals surface area contributed by atoms with E-state index in [1.165, 1.54) is 0 Å². The molecule has 1 fully saturated rings. The largest absolute Gasteiger partial charge is 0.481 e. The standard InChI is InChI=1S/C21H30N4O3/c1-12(2)15-10-14(18(26)24-9-8-21(7,11-24)19(27)28)16-13(3)23-25(17(16)22-15)20(4,5)6/h10,12H,8-9,11H2,1-7H3,(H,27,28). The highest BCUT2D eigenvalue weighted by molar-refractivity contribution is 6.07. The van der Waals surface area contributed by atoms with Crippen molar-refractivity contribution in [1.82, 2.24) is 19.7 Å². The summed E-state index contributed by atoms with van der Waals surface area (Å²) in [6.07, 6.45) is 0.458. The number of hydrogen-bond acceptors (Lipinski definition) is 4. The van der Waals surface area contributed by atoms with Crippen molar-refractivity contribution < 1.29 is 14.7 Å². The maximum absolute atomic E-state index is 13.4. The van der Waals surface area contributed by atoms with Crippen LogP contribution in [-0.4, -0.2) is 49.7 Å². The van der Waals surface area contributed by atoms with E-state index in [0.29, 0.717) is 24.2 Å². The Bertz CT molecular complexity index is 955. The molecule has 1 N–H and O–H groups in total. The summed E-state index contributed by atoms with van der Waals surface area (Å²) in [6, 6.07) is 1.85. The number of hydrogen-bond donors (Lipinski definition) is 1. The van der Waals surface area contributed by atoms with Gasteiger partial charge < -0.3 is 10.0 Å². The molecule has 7 nitrogen and oxygen atoms in total. The number of likely N-dealkylation sites (tertiary alicyclic amines) is 1. The first-order chi connectivity index (χ1) is 12.8. The van der Waals surface area contributed by atoms with Crippen molar-refractivity contribution >= 4 is 22.9 Å². The van der Waals surface area contributed by atoms with E-state index in [2.05, 4.69) is 25.9 Å². The summed E-state index contributed by atoms with van der Waals surface area (Å²) in [4.78, 5) is 31.5. The number of carboxylic acid groups (broad SMARTS) is 1. The Morgan fingerprint density at radius 1 is 1.29 bits per heavy atom. The summed E-state index contributed by atoms with van der Waals surface area (Å²) in [5.41, 5.74) is 1.70. The number of pyridine rings is 1. The Morgan fingerprint density at radius 2 is 1.93 bits per heavy atom. The van der Waals surface area contributed by atoms with Gasteiger partial charge in [0.15, 0.2) is 5.65 Å². The molecule has 0 bridgehead atoms. The fourth-order valence-electron chi connectivity index (χ4n) is 3.72. The Kier molecular flexibility index (Phi) is 4.76. The number of carbonyl (C=O) groups is 2. The van der Waals surface area contributed by atoms with Crippen LogP contribution in [0, 0.1) is 12.3 Å². The molecule has 152 valence electrons. The monoisotopic (exact) mass is 386 g/mol. The molecule has 0 saturated carbocycles.